The summed E-state index contributed by atoms with van der Waals surface area (Å²) in [4.78, 5) is 28.7. The molecule has 5 nitrogen and oxygen atoms in total. The van der Waals surface area contributed by atoms with Crippen molar-refractivity contribution in [1.29, 1.82) is 0 Å². The molecule has 0 aliphatic heterocycles. The zero-order valence-corrected chi connectivity index (χ0v) is 7.44. The van der Waals surface area contributed by atoms with E-state index in [1.807, 2.05) is 0 Å². The Kier molecular flexibility index (Phi) is 3.33. The van der Waals surface area contributed by atoms with Crippen molar-refractivity contribution in [3.05, 3.63) is 29.8 Å². The van der Waals surface area contributed by atoms with Crippen LogP contribution >= 0.6 is 0 Å². The van der Waals surface area contributed by atoms with Gasteiger partial charge in [-0.2, -0.15) is 0 Å². The Morgan fingerprint density at radius 3 is 2.64 bits per heavy atom. The minimum atomic E-state index is -0.473. The van der Waals surface area contributed by atoms with Crippen molar-refractivity contribution in [3.63, 3.8) is 0 Å². The van der Waals surface area contributed by atoms with Crippen LogP contribution in [0, 0.1) is 0 Å². The number of hydrogen-bond acceptors (Lipinski definition) is 4. The minimum Gasteiger partial charge on any atom is -0.290 e. The lowest BCUT2D eigenvalue weighted by Crippen LogP contribution is -2.14. The topological polar surface area (TPSA) is 72.0 Å². The van der Waals surface area contributed by atoms with Crippen LogP contribution in [0.1, 0.15) is 6.92 Å². The van der Waals surface area contributed by atoms with Crippen LogP contribution < -0.4 is 5.32 Å². The Morgan fingerprint density at radius 1 is 1.43 bits per heavy atom. The Balaban J connectivity index is 2.77. The quantitative estimate of drug-likeness (QED) is 0.414. The third-order valence-electron chi connectivity index (χ3n) is 1.37. The molecule has 1 heterocycles. The average Bonchev–Trinajstić information content (AvgIpc) is 2.19. The summed E-state index contributed by atoms with van der Waals surface area (Å²) < 4.78 is 0. The predicted molar refractivity (Wildman–Crippen MR) is 49.1 cm³/mol. The normalized spacial score (nSPS) is 8.36. The van der Waals surface area contributed by atoms with Crippen LogP contribution in [0.25, 0.3) is 0 Å². The molecule has 1 amide bonds. The van der Waals surface area contributed by atoms with E-state index in [1.165, 1.54) is 25.3 Å². The number of carbonyl (C=O) groups excluding carboxylic acids is 2. The Morgan fingerprint density at radius 2 is 2.07 bits per heavy atom. The van der Waals surface area contributed by atoms with E-state index in [2.05, 4.69) is 21.0 Å². The molecule has 0 aliphatic carbocycles. The number of hydrogen-bond donors (Lipinski definition) is 1. The van der Waals surface area contributed by atoms with Crippen molar-refractivity contribution in [2.45, 2.75) is 6.92 Å². The highest BCUT2D eigenvalue weighted by atomic mass is 16.1. The Hall–Kier alpha value is -2.22. The van der Waals surface area contributed by atoms with Gasteiger partial charge in [-0.25, -0.2) is 14.8 Å². The van der Waals surface area contributed by atoms with Crippen LogP contribution in [0.15, 0.2) is 29.8 Å². The molecule has 0 saturated carbocycles. The fourth-order valence-corrected chi connectivity index (χ4v) is 0.692. The van der Waals surface area contributed by atoms with E-state index < -0.39 is 5.91 Å². The summed E-state index contributed by atoms with van der Waals surface area (Å²) in [6.07, 6.45) is 2.99. The van der Waals surface area contributed by atoms with Gasteiger partial charge in [0.15, 0.2) is 5.94 Å². The van der Waals surface area contributed by atoms with E-state index in [1.54, 1.807) is 6.07 Å². The van der Waals surface area contributed by atoms with Crippen LogP contribution in [0.3, 0.4) is 0 Å². The molecular formula is C9H7N3O2. The van der Waals surface area contributed by atoms with Gasteiger partial charge in [-0.15, -0.1) is 0 Å². The highest BCUT2D eigenvalue weighted by molar-refractivity contribution is 6.02. The van der Waals surface area contributed by atoms with Crippen molar-refractivity contribution >= 4 is 17.8 Å². The van der Waals surface area contributed by atoms with Crippen LogP contribution in [0.2, 0.25) is 0 Å². The first-order valence-electron chi connectivity index (χ1n) is 3.79. The molecule has 0 bridgehead atoms. The van der Waals surface area contributed by atoms with Gasteiger partial charge in [-0.05, 0) is 18.7 Å². The van der Waals surface area contributed by atoms with Crippen molar-refractivity contribution in [2.24, 2.45) is 0 Å². The first-order chi connectivity index (χ1) is 6.74. The molecule has 0 spiro atoms. The second kappa shape index (κ2) is 4.72. The summed E-state index contributed by atoms with van der Waals surface area (Å²) in [6.45, 7) is 1.45. The van der Waals surface area contributed by atoms with Gasteiger partial charge >= 0.3 is 0 Å². The third kappa shape index (κ3) is 2.68. The van der Waals surface area contributed by atoms with E-state index in [-0.39, 0.29) is 11.5 Å². The van der Waals surface area contributed by atoms with Crippen molar-refractivity contribution in [2.75, 3.05) is 5.32 Å². The maximum absolute atomic E-state index is 11.2. The zero-order chi connectivity index (χ0) is 10.4. The van der Waals surface area contributed by atoms with E-state index in [4.69, 9.17) is 0 Å². The van der Waals surface area contributed by atoms with Crippen molar-refractivity contribution in [3.8, 4) is 0 Å². The number of carbonyl (C=O) groups is 1. The standard InChI is InChI=1S/C9H7N3O2/c1-7(3-6-13)8(14)12-9-10-4-2-5-11-9/h2,4-5H,1H3,(H,10,11,12,14). The van der Waals surface area contributed by atoms with E-state index >= 15 is 0 Å². The molecule has 1 aromatic heterocycles. The van der Waals surface area contributed by atoms with E-state index in [0.717, 1.165) is 0 Å². The average molecular weight is 189 g/mol. The first kappa shape index (κ1) is 9.86. The zero-order valence-electron chi connectivity index (χ0n) is 7.44. The van der Waals surface area contributed by atoms with Gasteiger partial charge in [-0.3, -0.25) is 10.1 Å². The molecule has 14 heavy (non-hydrogen) atoms. The molecule has 1 rings (SSSR count). The van der Waals surface area contributed by atoms with Gasteiger partial charge in [0.05, 0.1) is 5.57 Å². The number of anilines is 1. The number of aromatic nitrogens is 2. The summed E-state index contributed by atoms with van der Waals surface area (Å²) in [7, 11) is 0. The molecule has 0 fully saturated rings. The van der Waals surface area contributed by atoms with E-state index in [9.17, 15) is 9.59 Å². The van der Waals surface area contributed by atoms with Gasteiger partial charge in [0.1, 0.15) is 0 Å². The van der Waals surface area contributed by atoms with Crippen LogP contribution in [-0.4, -0.2) is 21.8 Å². The number of nitrogens with zero attached hydrogens (tertiary/aromatic N) is 2. The fraction of sp³-hybridized carbons (Fsp3) is 0.111. The molecule has 0 atom stereocenters. The lowest BCUT2D eigenvalue weighted by Gasteiger charge is -1.99. The maximum Gasteiger partial charge on any atom is 0.262 e. The highest BCUT2D eigenvalue weighted by Gasteiger charge is 2.04. The van der Waals surface area contributed by atoms with Gasteiger partial charge in [0, 0.05) is 12.4 Å². The Bertz CT molecular complexity index is 415. The van der Waals surface area contributed by atoms with Gasteiger partial charge < -0.3 is 0 Å². The van der Waals surface area contributed by atoms with Gasteiger partial charge in [0.2, 0.25) is 5.95 Å². The molecule has 70 valence electrons. The van der Waals surface area contributed by atoms with Crippen LogP contribution in [0.5, 0.6) is 0 Å². The molecule has 0 unspecified atom stereocenters. The fourth-order valence-electron chi connectivity index (χ4n) is 0.692. The summed E-state index contributed by atoms with van der Waals surface area (Å²) >= 11 is 0. The third-order valence-corrected chi connectivity index (χ3v) is 1.37. The van der Waals surface area contributed by atoms with Crippen LogP contribution in [-0.2, 0) is 9.59 Å². The number of amides is 1. The van der Waals surface area contributed by atoms with Crippen LogP contribution in [0.4, 0.5) is 5.95 Å². The molecule has 1 aromatic rings. The largest absolute Gasteiger partial charge is 0.290 e. The summed E-state index contributed by atoms with van der Waals surface area (Å²) in [5.74, 6) is 1.11. The smallest absolute Gasteiger partial charge is 0.262 e. The monoisotopic (exact) mass is 189 g/mol. The second-order valence-corrected chi connectivity index (χ2v) is 2.38. The van der Waals surface area contributed by atoms with Crippen molar-refractivity contribution < 1.29 is 9.59 Å². The predicted octanol–water partition coefficient (Wildman–Crippen LogP) is 0.348. The minimum absolute atomic E-state index is 0.132. The molecule has 5 heteroatoms. The summed E-state index contributed by atoms with van der Waals surface area (Å²) in [5, 5.41) is 2.39. The number of rotatable bonds is 2. The molecule has 0 aromatic carbocycles. The number of nitrogens with one attached hydrogen (secondary N) is 1. The van der Waals surface area contributed by atoms with E-state index in [0.29, 0.717) is 0 Å². The molecule has 0 aliphatic rings. The summed E-state index contributed by atoms with van der Waals surface area (Å²) in [5.41, 5.74) is 2.24. The Labute approximate surface area is 80.2 Å². The molecular weight excluding hydrogens is 182 g/mol. The lowest BCUT2D eigenvalue weighted by molar-refractivity contribution is -0.112. The lowest BCUT2D eigenvalue weighted by atomic mass is 10.3. The van der Waals surface area contributed by atoms with Crippen molar-refractivity contribution in [1.82, 2.24) is 9.97 Å². The molecule has 1 N–H and O–H groups in total. The maximum atomic E-state index is 11.2. The SMILES string of the molecule is CC(=C=C=O)C(=O)Nc1ncccn1. The molecule has 0 radical (unpaired) electrons. The van der Waals surface area contributed by atoms with Gasteiger partial charge in [-0.1, -0.05) is 0 Å². The highest BCUT2D eigenvalue weighted by Crippen LogP contribution is 1.97. The van der Waals surface area contributed by atoms with Gasteiger partial charge in [0.25, 0.3) is 5.91 Å². The summed E-state index contributed by atoms with van der Waals surface area (Å²) in [6, 6.07) is 1.63. The first-order valence-corrected chi connectivity index (χ1v) is 3.79. The molecule has 0 saturated heterocycles. The second-order valence-electron chi connectivity index (χ2n) is 2.38.